The molecule has 3 rings (SSSR count). The number of fused-ring (bicyclic) bond motifs is 1. The van der Waals surface area contributed by atoms with Gasteiger partial charge in [-0.1, -0.05) is 6.08 Å². The smallest absolute Gasteiger partial charge is 0.109 e. The summed E-state index contributed by atoms with van der Waals surface area (Å²) in [4.78, 5) is 2.67. The van der Waals surface area contributed by atoms with Gasteiger partial charge in [0.05, 0.1) is 0 Å². The highest BCUT2D eigenvalue weighted by Crippen LogP contribution is 2.38. The Balaban J connectivity index is 1.85. The molecule has 0 spiro atoms. The maximum Gasteiger partial charge on any atom is 0.109 e. The zero-order valence-electron chi connectivity index (χ0n) is 9.24. The van der Waals surface area contributed by atoms with Gasteiger partial charge in [0.1, 0.15) is 6.10 Å². The Morgan fingerprint density at radius 2 is 2.25 bits per heavy atom. The van der Waals surface area contributed by atoms with E-state index in [2.05, 4.69) is 12.1 Å². The van der Waals surface area contributed by atoms with Crippen LogP contribution in [0.4, 0.5) is 0 Å². The predicted molar refractivity (Wildman–Crippen MR) is 71.1 cm³/mol. The number of aryl methyl sites for hydroxylation is 1. The molecule has 1 aromatic heterocycles. The summed E-state index contributed by atoms with van der Waals surface area (Å²) in [5.41, 5.74) is 2.71. The standard InChI is InChI=1S/C13H16OS2/c14-13(9-3-1-2-4-9)12-7-10-8-15-6-5-11(10)16-12/h3,7,13-14H,1-2,4-6,8H2. The van der Waals surface area contributed by atoms with Crippen LogP contribution in [0.15, 0.2) is 17.7 Å². The summed E-state index contributed by atoms with van der Waals surface area (Å²) in [7, 11) is 0. The number of rotatable bonds is 2. The first-order valence-corrected chi connectivity index (χ1v) is 7.88. The Morgan fingerprint density at radius 1 is 1.31 bits per heavy atom. The summed E-state index contributed by atoms with van der Waals surface area (Å²) >= 11 is 3.83. The highest BCUT2D eigenvalue weighted by atomic mass is 32.2. The SMILES string of the molecule is OC(C1=CCCC1)c1cc2c(s1)CCSC2. The molecule has 0 amide bonds. The van der Waals surface area contributed by atoms with Crippen molar-refractivity contribution < 1.29 is 5.11 Å². The van der Waals surface area contributed by atoms with Crippen LogP contribution in [0.5, 0.6) is 0 Å². The van der Waals surface area contributed by atoms with Gasteiger partial charge < -0.3 is 5.11 Å². The molecule has 1 nitrogen and oxygen atoms in total. The van der Waals surface area contributed by atoms with E-state index in [4.69, 9.17) is 0 Å². The number of thioether (sulfide) groups is 1. The van der Waals surface area contributed by atoms with Gasteiger partial charge in [-0.25, -0.2) is 0 Å². The van der Waals surface area contributed by atoms with E-state index in [0.29, 0.717) is 0 Å². The molecule has 2 heterocycles. The molecule has 86 valence electrons. The highest BCUT2D eigenvalue weighted by Gasteiger charge is 2.21. The van der Waals surface area contributed by atoms with Gasteiger partial charge in [-0.15, -0.1) is 11.3 Å². The second kappa shape index (κ2) is 4.55. The fraction of sp³-hybridized carbons (Fsp3) is 0.538. The molecule has 1 N–H and O–H groups in total. The van der Waals surface area contributed by atoms with E-state index in [1.807, 2.05) is 23.1 Å². The van der Waals surface area contributed by atoms with Crippen LogP contribution >= 0.6 is 23.1 Å². The van der Waals surface area contributed by atoms with Gasteiger partial charge in [0.2, 0.25) is 0 Å². The summed E-state index contributed by atoms with van der Waals surface area (Å²) in [6, 6.07) is 2.23. The number of aliphatic hydroxyl groups excluding tert-OH is 1. The Kier molecular flexibility index (Phi) is 3.09. The quantitative estimate of drug-likeness (QED) is 0.810. The molecule has 1 aromatic rings. The first-order chi connectivity index (χ1) is 7.84. The predicted octanol–water partition coefficient (Wildman–Crippen LogP) is 3.68. The van der Waals surface area contributed by atoms with Crippen LogP contribution in [0.2, 0.25) is 0 Å². The first-order valence-electron chi connectivity index (χ1n) is 5.91. The number of hydrogen-bond acceptors (Lipinski definition) is 3. The largest absolute Gasteiger partial charge is 0.383 e. The topological polar surface area (TPSA) is 20.2 Å². The molecule has 0 saturated carbocycles. The van der Waals surface area contributed by atoms with E-state index in [0.717, 1.165) is 18.6 Å². The van der Waals surface area contributed by atoms with Crippen LogP contribution in [0.25, 0.3) is 0 Å². The van der Waals surface area contributed by atoms with Crippen molar-refractivity contribution in [3.8, 4) is 0 Å². The molecular weight excluding hydrogens is 236 g/mol. The minimum absolute atomic E-state index is 0.317. The van der Waals surface area contributed by atoms with Gasteiger partial charge in [0, 0.05) is 15.5 Å². The third kappa shape index (κ3) is 1.96. The van der Waals surface area contributed by atoms with E-state index < -0.39 is 0 Å². The Hall–Kier alpha value is -0.250. The van der Waals surface area contributed by atoms with Crippen molar-refractivity contribution in [3.63, 3.8) is 0 Å². The van der Waals surface area contributed by atoms with E-state index in [1.54, 1.807) is 0 Å². The van der Waals surface area contributed by atoms with Crippen LogP contribution < -0.4 is 0 Å². The van der Waals surface area contributed by atoms with Gasteiger partial charge in [0.15, 0.2) is 0 Å². The zero-order valence-corrected chi connectivity index (χ0v) is 10.9. The highest BCUT2D eigenvalue weighted by molar-refractivity contribution is 7.98. The maximum absolute atomic E-state index is 10.3. The van der Waals surface area contributed by atoms with Crippen LogP contribution in [0, 0.1) is 0 Å². The molecule has 0 aromatic carbocycles. The average molecular weight is 252 g/mol. The molecule has 1 unspecified atom stereocenters. The van der Waals surface area contributed by atoms with Crippen molar-refractivity contribution in [1.29, 1.82) is 0 Å². The van der Waals surface area contributed by atoms with E-state index in [-0.39, 0.29) is 6.10 Å². The Bertz CT molecular complexity index is 396. The lowest BCUT2D eigenvalue weighted by atomic mass is 10.1. The summed E-state index contributed by atoms with van der Waals surface area (Å²) in [5.74, 6) is 2.38. The molecule has 1 aliphatic carbocycles. The van der Waals surface area contributed by atoms with E-state index in [1.165, 1.54) is 39.5 Å². The van der Waals surface area contributed by atoms with Crippen molar-refractivity contribution in [2.75, 3.05) is 5.75 Å². The van der Waals surface area contributed by atoms with E-state index >= 15 is 0 Å². The lowest BCUT2D eigenvalue weighted by Crippen LogP contribution is -1.97. The number of allylic oxidation sites excluding steroid dienone is 1. The molecule has 3 heteroatoms. The van der Waals surface area contributed by atoms with Gasteiger partial charge in [-0.2, -0.15) is 11.8 Å². The summed E-state index contributed by atoms with van der Waals surface area (Å²) < 4.78 is 0. The third-order valence-corrected chi connectivity index (χ3v) is 5.64. The van der Waals surface area contributed by atoms with Crippen molar-refractivity contribution in [2.45, 2.75) is 37.5 Å². The summed E-state index contributed by atoms with van der Waals surface area (Å²) in [6.45, 7) is 0. The molecule has 1 atom stereocenters. The summed E-state index contributed by atoms with van der Waals surface area (Å²) in [6.07, 6.45) is 6.54. The minimum atomic E-state index is -0.317. The third-order valence-electron chi connectivity index (χ3n) is 3.34. The number of aliphatic hydroxyl groups is 1. The average Bonchev–Trinajstić information content (AvgIpc) is 2.97. The van der Waals surface area contributed by atoms with Gasteiger partial charge >= 0.3 is 0 Å². The number of thiophene rings is 1. The molecule has 0 radical (unpaired) electrons. The van der Waals surface area contributed by atoms with Crippen molar-refractivity contribution in [3.05, 3.63) is 33.0 Å². The molecule has 2 aliphatic rings. The van der Waals surface area contributed by atoms with Gasteiger partial charge in [0.25, 0.3) is 0 Å². The second-order valence-electron chi connectivity index (χ2n) is 4.47. The monoisotopic (exact) mass is 252 g/mol. The molecule has 0 bridgehead atoms. The maximum atomic E-state index is 10.3. The van der Waals surface area contributed by atoms with Crippen molar-refractivity contribution in [1.82, 2.24) is 0 Å². The number of hydrogen-bond donors (Lipinski definition) is 1. The van der Waals surface area contributed by atoms with Gasteiger partial charge in [-0.05, 0) is 48.6 Å². The Labute approximate surface area is 105 Å². The fourth-order valence-corrected chi connectivity index (χ4v) is 4.84. The summed E-state index contributed by atoms with van der Waals surface area (Å²) in [5, 5.41) is 10.3. The van der Waals surface area contributed by atoms with Crippen LogP contribution in [0.1, 0.15) is 40.7 Å². The normalized spacial score (nSPS) is 21.7. The van der Waals surface area contributed by atoms with Crippen LogP contribution in [-0.4, -0.2) is 10.9 Å². The van der Waals surface area contributed by atoms with Crippen molar-refractivity contribution >= 4 is 23.1 Å². The van der Waals surface area contributed by atoms with Gasteiger partial charge in [-0.3, -0.25) is 0 Å². The Morgan fingerprint density at radius 3 is 3.00 bits per heavy atom. The molecule has 0 fully saturated rings. The lowest BCUT2D eigenvalue weighted by Gasteiger charge is -2.09. The minimum Gasteiger partial charge on any atom is -0.383 e. The molecule has 0 saturated heterocycles. The fourth-order valence-electron chi connectivity index (χ4n) is 2.43. The van der Waals surface area contributed by atoms with Crippen LogP contribution in [0.3, 0.4) is 0 Å². The molecule has 1 aliphatic heterocycles. The second-order valence-corrected chi connectivity index (χ2v) is 6.75. The zero-order chi connectivity index (χ0) is 11.0. The molecule has 16 heavy (non-hydrogen) atoms. The molecular formula is C13H16OS2. The van der Waals surface area contributed by atoms with Crippen LogP contribution in [-0.2, 0) is 12.2 Å². The first kappa shape index (κ1) is 10.9. The van der Waals surface area contributed by atoms with Crippen molar-refractivity contribution in [2.24, 2.45) is 0 Å². The van der Waals surface area contributed by atoms with E-state index in [9.17, 15) is 5.11 Å². The lowest BCUT2D eigenvalue weighted by molar-refractivity contribution is 0.216.